The fraction of sp³-hybridized carbons (Fsp3) is 0.200. The van der Waals surface area contributed by atoms with Crippen LogP contribution in [-0.4, -0.2) is 12.1 Å². The quantitative estimate of drug-likeness (QED) is 0.0967. The third-order valence-corrected chi connectivity index (χ3v) is 10.8. The third-order valence-electron chi connectivity index (χ3n) is 10.8. The van der Waals surface area contributed by atoms with Gasteiger partial charge in [-0.15, -0.1) is 0 Å². The van der Waals surface area contributed by atoms with Crippen LogP contribution < -0.4 is 32.2 Å². The number of nitrogens with zero attached hydrogens (tertiary/aromatic N) is 1. The van der Waals surface area contributed by atoms with Gasteiger partial charge in [-0.2, -0.15) is 127 Å². The Balaban J connectivity index is 0.000000520. The Morgan fingerprint density at radius 3 is 0.767 bits per heavy atom. The van der Waals surface area contributed by atoms with Crippen LogP contribution in [0.25, 0.3) is 0 Å². The van der Waals surface area contributed by atoms with E-state index in [0.29, 0.717) is 5.56 Å². The van der Waals surface area contributed by atoms with Crippen molar-refractivity contribution in [2.75, 3.05) is 0 Å². The molecular formula is C45H25BF24N2O. The number of carbonyl (C=O) groups is 1. The molecule has 0 spiro atoms. The number of alkyl halides is 24. The van der Waals surface area contributed by atoms with Crippen LogP contribution >= 0.6 is 0 Å². The van der Waals surface area contributed by atoms with Crippen LogP contribution in [0.2, 0.25) is 0 Å². The first-order chi connectivity index (χ1) is 33.0. The van der Waals surface area contributed by atoms with E-state index in [-0.39, 0.29) is 0 Å². The van der Waals surface area contributed by atoms with Gasteiger partial charge in [0.25, 0.3) is 0 Å². The number of halogens is 24. The van der Waals surface area contributed by atoms with Gasteiger partial charge in [-0.1, -0.05) is 78.9 Å². The SMILES string of the molecule is FC(F)(F)c1cc([B-](c2cc(C(F)(F)F)cc(C(F)(F)F)c2)(c2cc(C(F)(F)F)cc(C(F)(F)F)c2)c2cc(C(F)(F)F)cc(C(F)(F)F)c2)cc(C(F)(F)F)c1.NC(=O)c1cc[n+](Cc2ccccc2)cc1. The summed E-state index contributed by atoms with van der Waals surface area (Å²) in [5.74, 6) is -0.396. The molecule has 6 aromatic rings. The molecule has 2 N–H and O–H groups in total. The van der Waals surface area contributed by atoms with Gasteiger partial charge in [-0.05, 0) is 24.3 Å². The predicted molar refractivity (Wildman–Crippen MR) is 211 cm³/mol. The first kappa shape index (κ1) is 57.0. The molecule has 0 radical (unpaired) electrons. The molecule has 0 aliphatic carbocycles. The van der Waals surface area contributed by atoms with Crippen molar-refractivity contribution in [2.24, 2.45) is 5.73 Å². The van der Waals surface area contributed by atoms with Crippen LogP contribution in [0.5, 0.6) is 0 Å². The first-order valence-corrected chi connectivity index (χ1v) is 19.7. The largest absolute Gasteiger partial charge is 0.416 e. The van der Waals surface area contributed by atoms with Crippen molar-refractivity contribution in [1.82, 2.24) is 0 Å². The molecule has 73 heavy (non-hydrogen) atoms. The number of hydrogen-bond donors (Lipinski definition) is 1. The van der Waals surface area contributed by atoms with Crippen molar-refractivity contribution in [3.8, 4) is 0 Å². The second kappa shape index (κ2) is 19.5. The summed E-state index contributed by atoms with van der Waals surface area (Å²) in [6.07, 6.45) is -51.1. The Morgan fingerprint density at radius 2 is 0.575 bits per heavy atom. The summed E-state index contributed by atoms with van der Waals surface area (Å²) < 4.78 is 343. The molecule has 0 unspecified atom stereocenters. The molecule has 3 nitrogen and oxygen atoms in total. The van der Waals surface area contributed by atoms with E-state index in [1.807, 2.05) is 35.2 Å². The van der Waals surface area contributed by atoms with Crippen molar-refractivity contribution in [3.05, 3.63) is 183 Å². The number of primary amides is 1. The monoisotopic (exact) mass is 1080 g/mol. The molecule has 28 heteroatoms. The van der Waals surface area contributed by atoms with Crippen molar-refractivity contribution in [3.63, 3.8) is 0 Å². The number of carbonyl (C=O) groups excluding carboxylic acids is 1. The minimum Gasteiger partial charge on any atom is -0.366 e. The second-order valence-corrected chi connectivity index (χ2v) is 15.8. The van der Waals surface area contributed by atoms with Crippen LogP contribution in [0, 0.1) is 0 Å². The number of nitrogens with two attached hydrogens (primary N) is 1. The highest BCUT2D eigenvalue weighted by Crippen LogP contribution is 2.41. The van der Waals surface area contributed by atoms with Gasteiger partial charge < -0.3 is 5.73 Å². The smallest absolute Gasteiger partial charge is 0.366 e. The van der Waals surface area contributed by atoms with Gasteiger partial charge in [0.1, 0.15) is 6.15 Å². The molecule has 6 rings (SSSR count). The van der Waals surface area contributed by atoms with Crippen LogP contribution in [0.15, 0.2) is 128 Å². The molecule has 392 valence electrons. The molecule has 0 aliphatic rings. The van der Waals surface area contributed by atoms with E-state index < -0.39 is 201 Å². The summed E-state index contributed by atoms with van der Waals surface area (Å²) >= 11 is 0. The van der Waals surface area contributed by atoms with E-state index >= 15 is 0 Å². The zero-order valence-corrected chi connectivity index (χ0v) is 35.4. The fourth-order valence-electron chi connectivity index (χ4n) is 7.59. The third kappa shape index (κ3) is 13.4. The Kier molecular flexibility index (Phi) is 15.2. The fourth-order valence-corrected chi connectivity index (χ4v) is 7.59. The van der Waals surface area contributed by atoms with Crippen molar-refractivity contribution in [1.29, 1.82) is 0 Å². The minimum absolute atomic E-state index is 0.396. The van der Waals surface area contributed by atoms with E-state index in [4.69, 9.17) is 5.73 Å². The Hall–Kier alpha value is -6.90. The Labute approximate surface area is 393 Å². The van der Waals surface area contributed by atoms with E-state index in [1.54, 1.807) is 12.1 Å². The summed E-state index contributed by atoms with van der Waals surface area (Å²) in [6.45, 7) is 0.792. The zero-order chi connectivity index (χ0) is 55.3. The van der Waals surface area contributed by atoms with Crippen molar-refractivity contribution >= 4 is 33.9 Å². The van der Waals surface area contributed by atoms with E-state index in [1.165, 1.54) is 5.56 Å². The number of pyridine rings is 1. The predicted octanol–water partition coefficient (Wildman–Crippen LogP) is 12.3. The topological polar surface area (TPSA) is 47.0 Å². The maximum Gasteiger partial charge on any atom is 0.416 e. The summed E-state index contributed by atoms with van der Waals surface area (Å²) in [7, 11) is 0. The zero-order valence-electron chi connectivity index (χ0n) is 35.4. The molecular weight excluding hydrogens is 1050 g/mol. The van der Waals surface area contributed by atoms with Gasteiger partial charge in [0.2, 0.25) is 5.91 Å². The lowest BCUT2D eigenvalue weighted by Crippen LogP contribution is -2.75. The van der Waals surface area contributed by atoms with Gasteiger partial charge >= 0.3 is 49.4 Å². The number of amides is 1. The lowest BCUT2D eigenvalue weighted by atomic mass is 9.12. The molecule has 0 atom stereocenters. The Morgan fingerprint density at radius 1 is 0.356 bits per heavy atom. The van der Waals surface area contributed by atoms with Crippen molar-refractivity contribution in [2.45, 2.75) is 56.0 Å². The number of benzene rings is 5. The summed E-state index contributed by atoms with van der Waals surface area (Å²) in [6, 6.07) is 4.78. The summed E-state index contributed by atoms with van der Waals surface area (Å²) in [5.41, 5.74) is -23.3. The maximum atomic E-state index is 14.2. The minimum atomic E-state index is -6.13. The highest BCUT2D eigenvalue weighted by molar-refractivity contribution is 7.20. The van der Waals surface area contributed by atoms with Crippen LogP contribution in [0.1, 0.15) is 60.4 Å². The highest BCUT2D eigenvalue weighted by Gasteiger charge is 2.47. The van der Waals surface area contributed by atoms with E-state index in [0.717, 1.165) is 6.54 Å². The average Bonchev–Trinajstić information content (AvgIpc) is 3.25. The molecule has 5 aromatic carbocycles. The van der Waals surface area contributed by atoms with Gasteiger partial charge in [-0.25, -0.2) is 4.57 Å². The molecule has 0 aliphatic heterocycles. The summed E-state index contributed by atoms with van der Waals surface area (Å²) in [4.78, 5) is 10.9. The molecule has 0 saturated carbocycles. The number of hydrogen-bond acceptors (Lipinski definition) is 1. The summed E-state index contributed by atoms with van der Waals surface area (Å²) in [5, 5.41) is 0. The van der Waals surface area contributed by atoms with Crippen molar-refractivity contribution < 1.29 is 115 Å². The van der Waals surface area contributed by atoms with Gasteiger partial charge in [0.05, 0.1) is 50.1 Å². The highest BCUT2D eigenvalue weighted by atomic mass is 19.4. The van der Waals surface area contributed by atoms with Gasteiger partial charge in [0.15, 0.2) is 18.9 Å². The molecule has 0 bridgehead atoms. The molecule has 1 aromatic heterocycles. The second-order valence-electron chi connectivity index (χ2n) is 15.8. The van der Waals surface area contributed by atoms with Crippen LogP contribution in [-0.2, 0) is 56.0 Å². The first-order valence-electron chi connectivity index (χ1n) is 19.7. The molecule has 0 saturated heterocycles. The number of rotatable bonds is 7. The van der Waals surface area contributed by atoms with E-state index in [2.05, 4.69) is 12.1 Å². The average molecular weight is 1080 g/mol. The van der Waals surface area contributed by atoms with E-state index in [9.17, 15) is 110 Å². The van der Waals surface area contributed by atoms with Gasteiger partial charge in [-0.3, -0.25) is 4.79 Å². The van der Waals surface area contributed by atoms with Crippen LogP contribution in [0.4, 0.5) is 105 Å². The maximum absolute atomic E-state index is 14.2. The Bertz CT molecular complexity index is 2510. The molecule has 1 heterocycles. The van der Waals surface area contributed by atoms with Crippen LogP contribution in [0.3, 0.4) is 0 Å². The normalized spacial score (nSPS) is 13.4. The lowest BCUT2D eigenvalue weighted by Gasteiger charge is -2.46. The standard InChI is InChI=1S/C32H12BF24.C13H12N2O/c34-25(35,36)13-1-14(26(37,38)39)6-21(5-13)33(22-7-15(27(40,41)42)2-16(8-22)28(43,44)45,23-9-17(29(46,47)48)3-18(10-23)30(49,50)51)24-11-19(31(52,53)54)4-20(12-24)32(55,56)57;14-13(16)12-6-8-15(9-7-12)10-11-4-2-1-3-5-11/h1-12H;1-9H,10H2,(H-,14,16)/q-1;/p+1. The number of aromatic nitrogens is 1. The molecule has 1 amide bonds. The lowest BCUT2D eigenvalue weighted by molar-refractivity contribution is -0.688. The molecule has 0 fully saturated rings. The van der Waals surface area contributed by atoms with Gasteiger partial charge in [0, 0.05) is 17.7 Å².